The van der Waals surface area contributed by atoms with Gasteiger partial charge in [0.1, 0.15) is 6.04 Å². The van der Waals surface area contributed by atoms with Gasteiger partial charge in [-0.05, 0) is 53.8 Å². The van der Waals surface area contributed by atoms with Gasteiger partial charge >= 0.3 is 0 Å². The predicted molar refractivity (Wildman–Crippen MR) is 127 cm³/mol. The van der Waals surface area contributed by atoms with E-state index in [0.29, 0.717) is 31.0 Å². The van der Waals surface area contributed by atoms with E-state index in [-0.39, 0.29) is 11.8 Å². The first kappa shape index (κ1) is 22.8. The fraction of sp³-hybridized carbons (Fsp3) is 0.308. The van der Waals surface area contributed by atoms with Crippen molar-refractivity contribution >= 4 is 34.2 Å². The van der Waals surface area contributed by atoms with Crippen LogP contribution in [0.3, 0.4) is 0 Å². The number of rotatable bonds is 9. The molecule has 3 rings (SSSR count). The van der Waals surface area contributed by atoms with Gasteiger partial charge in [-0.25, -0.2) is 0 Å². The van der Waals surface area contributed by atoms with Crippen LogP contribution >= 0.6 is 11.6 Å². The van der Waals surface area contributed by atoms with Crippen molar-refractivity contribution in [1.29, 1.82) is 0 Å². The van der Waals surface area contributed by atoms with Crippen LogP contribution in [-0.4, -0.2) is 29.3 Å². The van der Waals surface area contributed by atoms with Crippen molar-refractivity contribution in [2.24, 2.45) is 0 Å². The SMILES string of the molecule is CCCNC(=O)[C@H](C)N(Cc1ccc(Cl)cc1)C(=O)CCc1cccc2ccccc12. The molecule has 0 saturated carbocycles. The van der Waals surface area contributed by atoms with Gasteiger partial charge in [-0.3, -0.25) is 9.59 Å². The van der Waals surface area contributed by atoms with Gasteiger partial charge in [0.05, 0.1) is 0 Å². The van der Waals surface area contributed by atoms with Crippen LogP contribution in [0.1, 0.15) is 37.8 Å². The monoisotopic (exact) mass is 436 g/mol. The molecule has 5 heteroatoms. The minimum atomic E-state index is -0.553. The molecule has 0 aliphatic heterocycles. The van der Waals surface area contributed by atoms with E-state index in [0.717, 1.165) is 28.3 Å². The Morgan fingerprint density at radius 2 is 1.71 bits per heavy atom. The van der Waals surface area contributed by atoms with E-state index in [1.54, 1.807) is 24.0 Å². The number of aryl methyl sites for hydroxylation is 1. The lowest BCUT2D eigenvalue weighted by atomic mass is 10.0. The fourth-order valence-electron chi connectivity index (χ4n) is 3.66. The summed E-state index contributed by atoms with van der Waals surface area (Å²) in [7, 11) is 0. The maximum absolute atomic E-state index is 13.3. The van der Waals surface area contributed by atoms with Gasteiger partial charge in [0, 0.05) is 24.5 Å². The second-order valence-electron chi connectivity index (χ2n) is 7.75. The van der Waals surface area contributed by atoms with E-state index in [4.69, 9.17) is 11.6 Å². The second kappa shape index (κ2) is 11.0. The van der Waals surface area contributed by atoms with Gasteiger partial charge in [0.15, 0.2) is 0 Å². The van der Waals surface area contributed by atoms with Gasteiger partial charge in [-0.2, -0.15) is 0 Å². The molecule has 2 amide bonds. The molecule has 0 heterocycles. The van der Waals surface area contributed by atoms with Crippen molar-refractivity contribution in [3.63, 3.8) is 0 Å². The maximum atomic E-state index is 13.3. The summed E-state index contributed by atoms with van der Waals surface area (Å²) in [6, 6.07) is 21.2. The van der Waals surface area contributed by atoms with E-state index < -0.39 is 6.04 Å². The number of nitrogens with one attached hydrogen (secondary N) is 1. The molecule has 0 radical (unpaired) electrons. The molecule has 31 heavy (non-hydrogen) atoms. The predicted octanol–water partition coefficient (Wildman–Crippen LogP) is 5.37. The quantitative estimate of drug-likeness (QED) is 0.490. The molecule has 0 spiro atoms. The van der Waals surface area contributed by atoms with Crippen LogP contribution in [0.4, 0.5) is 0 Å². The Kier molecular flexibility index (Phi) is 8.07. The van der Waals surface area contributed by atoms with E-state index in [9.17, 15) is 9.59 Å². The van der Waals surface area contributed by atoms with Crippen molar-refractivity contribution in [3.05, 3.63) is 82.9 Å². The number of hydrogen-bond donors (Lipinski definition) is 1. The third kappa shape index (κ3) is 6.08. The number of fused-ring (bicyclic) bond motifs is 1. The normalized spacial score (nSPS) is 11.8. The Balaban J connectivity index is 1.77. The van der Waals surface area contributed by atoms with Crippen LogP contribution in [-0.2, 0) is 22.6 Å². The summed E-state index contributed by atoms with van der Waals surface area (Å²) < 4.78 is 0. The molecule has 0 saturated heterocycles. The van der Waals surface area contributed by atoms with Gasteiger partial charge in [0.25, 0.3) is 0 Å². The fourth-order valence-corrected chi connectivity index (χ4v) is 3.79. The first-order chi connectivity index (χ1) is 15.0. The Bertz CT molecular complexity index is 1030. The van der Waals surface area contributed by atoms with E-state index in [1.165, 1.54) is 0 Å². The standard InChI is InChI=1S/C26H29ClN2O2/c1-3-17-28-26(31)19(2)29(18-20-11-14-23(27)15-12-20)25(30)16-13-22-9-6-8-21-7-4-5-10-24(21)22/h4-12,14-15,19H,3,13,16-18H2,1-2H3,(H,28,31)/t19-/m0/s1. The highest BCUT2D eigenvalue weighted by molar-refractivity contribution is 6.30. The number of amides is 2. The molecule has 0 aliphatic rings. The first-order valence-corrected chi connectivity index (χ1v) is 11.2. The van der Waals surface area contributed by atoms with Crippen LogP contribution in [0.15, 0.2) is 66.7 Å². The molecule has 0 aromatic heterocycles. The lowest BCUT2D eigenvalue weighted by molar-refractivity contribution is -0.140. The van der Waals surface area contributed by atoms with Crippen molar-refractivity contribution in [2.45, 2.75) is 45.7 Å². The van der Waals surface area contributed by atoms with E-state index in [2.05, 4.69) is 29.6 Å². The smallest absolute Gasteiger partial charge is 0.242 e. The summed E-state index contributed by atoms with van der Waals surface area (Å²) in [5, 5.41) is 5.88. The molecule has 0 unspecified atom stereocenters. The first-order valence-electron chi connectivity index (χ1n) is 10.8. The van der Waals surface area contributed by atoms with Gasteiger partial charge in [-0.1, -0.05) is 73.1 Å². The molecular weight excluding hydrogens is 408 g/mol. The zero-order chi connectivity index (χ0) is 22.2. The Hall–Kier alpha value is -2.85. The molecule has 4 nitrogen and oxygen atoms in total. The van der Waals surface area contributed by atoms with Crippen LogP contribution in [0.25, 0.3) is 10.8 Å². The molecule has 1 atom stereocenters. The number of benzene rings is 3. The number of halogens is 1. The average molecular weight is 437 g/mol. The van der Waals surface area contributed by atoms with Gasteiger partial charge < -0.3 is 10.2 Å². The highest BCUT2D eigenvalue weighted by Crippen LogP contribution is 2.21. The largest absolute Gasteiger partial charge is 0.354 e. The lowest BCUT2D eigenvalue weighted by Gasteiger charge is -2.29. The van der Waals surface area contributed by atoms with Crippen LogP contribution < -0.4 is 5.32 Å². The summed E-state index contributed by atoms with van der Waals surface area (Å²) in [4.78, 5) is 27.5. The number of hydrogen-bond acceptors (Lipinski definition) is 2. The highest BCUT2D eigenvalue weighted by atomic mass is 35.5. The lowest BCUT2D eigenvalue weighted by Crippen LogP contribution is -2.47. The average Bonchev–Trinajstić information content (AvgIpc) is 2.80. The molecule has 3 aromatic carbocycles. The van der Waals surface area contributed by atoms with Crippen molar-refractivity contribution in [1.82, 2.24) is 10.2 Å². The molecule has 0 fully saturated rings. The third-order valence-electron chi connectivity index (χ3n) is 5.47. The summed E-state index contributed by atoms with van der Waals surface area (Å²) in [5.41, 5.74) is 2.08. The van der Waals surface area contributed by atoms with Crippen LogP contribution in [0.2, 0.25) is 5.02 Å². The van der Waals surface area contributed by atoms with Gasteiger partial charge in [-0.15, -0.1) is 0 Å². The van der Waals surface area contributed by atoms with Crippen molar-refractivity contribution < 1.29 is 9.59 Å². The van der Waals surface area contributed by atoms with Crippen LogP contribution in [0, 0.1) is 0 Å². The Morgan fingerprint density at radius 3 is 2.45 bits per heavy atom. The Labute approximate surface area is 189 Å². The molecular formula is C26H29ClN2O2. The highest BCUT2D eigenvalue weighted by Gasteiger charge is 2.25. The van der Waals surface area contributed by atoms with E-state index >= 15 is 0 Å². The molecule has 3 aromatic rings. The molecule has 0 bridgehead atoms. The number of carbonyl (C=O) groups excluding carboxylic acids is 2. The summed E-state index contributed by atoms with van der Waals surface area (Å²) in [6.45, 7) is 4.76. The number of carbonyl (C=O) groups is 2. The summed E-state index contributed by atoms with van der Waals surface area (Å²) in [5.74, 6) is -0.170. The second-order valence-corrected chi connectivity index (χ2v) is 8.19. The summed E-state index contributed by atoms with van der Waals surface area (Å²) >= 11 is 6.00. The Morgan fingerprint density at radius 1 is 1.00 bits per heavy atom. The zero-order valence-electron chi connectivity index (χ0n) is 18.1. The minimum absolute atomic E-state index is 0.0398. The van der Waals surface area contributed by atoms with Crippen LogP contribution in [0.5, 0.6) is 0 Å². The van der Waals surface area contributed by atoms with E-state index in [1.807, 2.05) is 37.3 Å². The number of nitrogens with zero attached hydrogens (tertiary/aromatic N) is 1. The third-order valence-corrected chi connectivity index (χ3v) is 5.72. The molecule has 0 aliphatic carbocycles. The van der Waals surface area contributed by atoms with Gasteiger partial charge in [0.2, 0.25) is 11.8 Å². The molecule has 162 valence electrons. The van der Waals surface area contributed by atoms with Crippen molar-refractivity contribution in [2.75, 3.05) is 6.54 Å². The summed E-state index contributed by atoms with van der Waals surface area (Å²) in [6.07, 6.45) is 1.82. The zero-order valence-corrected chi connectivity index (χ0v) is 18.9. The minimum Gasteiger partial charge on any atom is -0.354 e. The topological polar surface area (TPSA) is 49.4 Å². The molecule has 1 N–H and O–H groups in total. The maximum Gasteiger partial charge on any atom is 0.242 e. The van der Waals surface area contributed by atoms with Crippen molar-refractivity contribution in [3.8, 4) is 0 Å².